The zero-order chi connectivity index (χ0) is 14.9. The molecule has 0 aliphatic rings. The zero-order valence-corrected chi connectivity index (χ0v) is 13.0. The van der Waals surface area contributed by atoms with Crippen molar-refractivity contribution in [2.45, 2.75) is 0 Å². The van der Waals surface area contributed by atoms with E-state index in [0.29, 0.717) is 4.47 Å². The molecule has 2 rings (SSSR count). The Hall–Kier alpha value is -1.30. The van der Waals surface area contributed by atoms with E-state index in [1.54, 1.807) is 12.1 Å². The highest BCUT2D eigenvalue weighted by molar-refractivity contribution is 9.10. The number of nitrogen functional groups attached to an aromatic ring is 1. The summed E-state index contributed by atoms with van der Waals surface area (Å²) >= 11 is 15.3. The molecule has 1 amide bonds. The minimum atomic E-state index is -0.582. The molecule has 0 heterocycles. The monoisotopic (exact) mass is 376 g/mol. The summed E-state index contributed by atoms with van der Waals surface area (Å²) in [4.78, 5) is 12.0. The molecule has 0 radical (unpaired) electrons. The Balaban J connectivity index is 2.30. The van der Waals surface area contributed by atoms with Crippen LogP contribution in [-0.2, 0) is 0 Å². The Morgan fingerprint density at radius 2 is 1.80 bits per heavy atom. The average molecular weight is 378 g/mol. The van der Waals surface area contributed by atoms with Crippen LogP contribution >= 0.6 is 39.1 Å². The second-order valence-electron chi connectivity index (χ2n) is 3.93. The summed E-state index contributed by atoms with van der Waals surface area (Å²) in [5, 5.41) is 3.14. The van der Waals surface area contributed by atoms with E-state index in [2.05, 4.69) is 21.2 Å². The van der Waals surface area contributed by atoms with Gasteiger partial charge in [0.1, 0.15) is 5.82 Å². The van der Waals surface area contributed by atoms with Crippen LogP contribution in [0.3, 0.4) is 0 Å². The van der Waals surface area contributed by atoms with E-state index in [-0.39, 0.29) is 27.0 Å². The fraction of sp³-hybridized carbons (Fsp3) is 0. The molecule has 3 nitrogen and oxygen atoms in total. The SMILES string of the molecule is Nc1cc(C(=O)Nc2c(Cl)cc(Br)cc2Cl)ccc1F. The van der Waals surface area contributed by atoms with E-state index in [1.165, 1.54) is 12.1 Å². The Bertz CT molecular complexity index is 671. The molecule has 0 atom stereocenters. The molecule has 0 aliphatic heterocycles. The summed E-state index contributed by atoms with van der Waals surface area (Å²) in [6, 6.07) is 6.88. The minimum absolute atomic E-state index is 0.106. The van der Waals surface area contributed by atoms with Crippen molar-refractivity contribution in [3.63, 3.8) is 0 Å². The number of hydrogen-bond donors (Lipinski definition) is 2. The molecular weight excluding hydrogens is 370 g/mol. The summed E-state index contributed by atoms with van der Waals surface area (Å²) in [6.07, 6.45) is 0. The van der Waals surface area contributed by atoms with Gasteiger partial charge in [0.15, 0.2) is 0 Å². The number of nitrogens with two attached hydrogens (primary N) is 1. The normalized spacial score (nSPS) is 10.4. The van der Waals surface area contributed by atoms with Crippen molar-refractivity contribution in [1.82, 2.24) is 0 Å². The molecular formula is C13H8BrCl2FN2O. The third kappa shape index (κ3) is 3.23. The molecule has 0 aromatic heterocycles. The molecule has 0 saturated heterocycles. The Morgan fingerprint density at radius 3 is 2.35 bits per heavy atom. The Morgan fingerprint density at radius 1 is 1.20 bits per heavy atom. The van der Waals surface area contributed by atoms with E-state index in [0.717, 1.165) is 6.07 Å². The molecule has 0 aliphatic carbocycles. The van der Waals surface area contributed by atoms with Crippen LogP contribution in [0, 0.1) is 5.82 Å². The van der Waals surface area contributed by atoms with Gasteiger partial charge in [0, 0.05) is 10.0 Å². The number of carbonyl (C=O) groups excluding carboxylic acids is 1. The standard InChI is InChI=1S/C13H8BrCl2FN2O/c14-7-4-8(15)12(9(16)5-7)19-13(20)6-1-2-10(17)11(18)3-6/h1-5H,18H2,(H,19,20). The highest BCUT2D eigenvalue weighted by atomic mass is 79.9. The van der Waals surface area contributed by atoms with Gasteiger partial charge in [-0.3, -0.25) is 4.79 Å². The average Bonchev–Trinajstić information content (AvgIpc) is 2.36. The van der Waals surface area contributed by atoms with Gasteiger partial charge in [-0.1, -0.05) is 39.1 Å². The van der Waals surface area contributed by atoms with Crippen molar-refractivity contribution in [3.05, 3.63) is 56.2 Å². The number of nitrogens with one attached hydrogen (secondary N) is 1. The lowest BCUT2D eigenvalue weighted by molar-refractivity contribution is 0.102. The first-order valence-corrected chi connectivity index (χ1v) is 6.94. The van der Waals surface area contributed by atoms with Crippen LogP contribution < -0.4 is 11.1 Å². The fourth-order valence-corrected chi connectivity index (χ4v) is 2.84. The van der Waals surface area contributed by atoms with E-state index in [9.17, 15) is 9.18 Å². The molecule has 2 aromatic rings. The van der Waals surface area contributed by atoms with Crippen molar-refractivity contribution in [1.29, 1.82) is 0 Å². The summed E-state index contributed by atoms with van der Waals surface area (Å²) in [5.74, 6) is -1.07. The smallest absolute Gasteiger partial charge is 0.255 e. The number of carbonyl (C=O) groups is 1. The summed E-state index contributed by atoms with van der Waals surface area (Å²) < 4.78 is 13.7. The predicted molar refractivity (Wildman–Crippen MR) is 82.9 cm³/mol. The number of anilines is 2. The van der Waals surface area contributed by atoms with Crippen LogP contribution in [0.25, 0.3) is 0 Å². The van der Waals surface area contributed by atoms with Gasteiger partial charge in [-0.15, -0.1) is 0 Å². The molecule has 0 spiro atoms. The van der Waals surface area contributed by atoms with E-state index >= 15 is 0 Å². The maximum Gasteiger partial charge on any atom is 0.255 e. The van der Waals surface area contributed by atoms with E-state index in [4.69, 9.17) is 28.9 Å². The largest absolute Gasteiger partial charge is 0.396 e. The maximum absolute atomic E-state index is 13.1. The molecule has 0 fully saturated rings. The first-order chi connectivity index (χ1) is 9.38. The number of benzene rings is 2. The van der Waals surface area contributed by atoms with Crippen LogP contribution in [0.1, 0.15) is 10.4 Å². The molecule has 104 valence electrons. The van der Waals surface area contributed by atoms with Crippen molar-refractivity contribution >= 4 is 56.4 Å². The van der Waals surface area contributed by atoms with Gasteiger partial charge in [-0.25, -0.2) is 4.39 Å². The van der Waals surface area contributed by atoms with Crippen LogP contribution in [0.4, 0.5) is 15.8 Å². The highest BCUT2D eigenvalue weighted by Crippen LogP contribution is 2.34. The number of halogens is 4. The molecule has 0 bridgehead atoms. The third-order valence-electron chi connectivity index (χ3n) is 2.50. The van der Waals surface area contributed by atoms with Gasteiger partial charge in [0.2, 0.25) is 0 Å². The number of amides is 1. The summed E-state index contributed by atoms with van der Waals surface area (Å²) in [6.45, 7) is 0. The van der Waals surface area contributed by atoms with E-state index < -0.39 is 11.7 Å². The lowest BCUT2D eigenvalue weighted by Gasteiger charge is -2.10. The second kappa shape index (κ2) is 5.99. The van der Waals surface area contributed by atoms with Crippen molar-refractivity contribution in [2.24, 2.45) is 0 Å². The van der Waals surface area contributed by atoms with Gasteiger partial charge >= 0.3 is 0 Å². The third-order valence-corrected chi connectivity index (χ3v) is 3.56. The Kier molecular flexibility index (Phi) is 4.52. The highest BCUT2D eigenvalue weighted by Gasteiger charge is 2.13. The van der Waals surface area contributed by atoms with Crippen LogP contribution in [0.2, 0.25) is 10.0 Å². The molecule has 7 heteroatoms. The van der Waals surface area contributed by atoms with Crippen molar-refractivity contribution in [3.8, 4) is 0 Å². The van der Waals surface area contributed by atoms with Gasteiger partial charge in [-0.2, -0.15) is 0 Å². The van der Waals surface area contributed by atoms with Crippen LogP contribution in [0.5, 0.6) is 0 Å². The van der Waals surface area contributed by atoms with Crippen molar-refractivity contribution < 1.29 is 9.18 Å². The van der Waals surface area contributed by atoms with Gasteiger partial charge in [0.05, 0.1) is 21.4 Å². The van der Waals surface area contributed by atoms with Crippen LogP contribution in [-0.4, -0.2) is 5.91 Å². The van der Waals surface area contributed by atoms with Crippen molar-refractivity contribution in [2.75, 3.05) is 11.1 Å². The fourth-order valence-electron chi connectivity index (χ4n) is 1.53. The topological polar surface area (TPSA) is 55.1 Å². The number of hydrogen-bond acceptors (Lipinski definition) is 2. The Labute approximate surface area is 133 Å². The summed E-state index contributed by atoms with van der Waals surface area (Å²) in [5.41, 5.74) is 5.80. The first-order valence-electron chi connectivity index (χ1n) is 5.39. The first kappa shape index (κ1) is 15.1. The molecule has 0 unspecified atom stereocenters. The molecule has 3 N–H and O–H groups in total. The lowest BCUT2D eigenvalue weighted by Crippen LogP contribution is -2.13. The summed E-state index contributed by atoms with van der Waals surface area (Å²) in [7, 11) is 0. The van der Waals surface area contributed by atoms with Gasteiger partial charge in [0.25, 0.3) is 5.91 Å². The molecule has 0 saturated carbocycles. The maximum atomic E-state index is 13.1. The predicted octanol–water partition coefficient (Wildman–Crippen LogP) is 4.73. The molecule has 2 aromatic carbocycles. The van der Waals surface area contributed by atoms with Gasteiger partial charge < -0.3 is 11.1 Å². The second-order valence-corrected chi connectivity index (χ2v) is 5.66. The number of rotatable bonds is 2. The minimum Gasteiger partial charge on any atom is -0.396 e. The zero-order valence-electron chi connectivity index (χ0n) is 9.88. The van der Waals surface area contributed by atoms with Crippen LogP contribution in [0.15, 0.2) is 34.8 Å². The quantitative estimate of drug-likeness (QED) is 0.743. The molecule has 20 heavy (non-hydrogen) atoms. The lowest BCUT2D eigenvalue weighted by atomic mass is 10.1. The van der Waals surface area contributed by atoms with E-state index in [1.807, 2.05) is 0 Å². The van der Waals surface area contributed by atoms with Gasteiger partial charge in [-0.05, 0) is 30.3 Å².